The summed E-state index contributed by atoms with van der Waals surface area (Å²) in [4.78, 5) is 11.0. The molecule has 1 aliphatic heterocycles. The first-order valence-electron chi connectivity index (χ1n) is 4.85. The normalized spacial score (nSPS) is 21.3. The van der Waals surface area contributed by atoms with Gasteiger partial charge >= 0.3 is 5.97 Å². The molecule has 0 aliphatic carbocycles. The molecule has 0 spiro atoms. The van der Waals surface area contributed by atoms with Crippen LogP contribution in [0.3, 0.4) is 0 Å². The van der Waals surface area contributed by atoms with Crippen molar-refractivity contribution < 1.29 is 18.3 Å². The zero-order valence-corrected chi connectivity index (χ0v) is 11.7. The summed E-state index contributed by atoms with van der Waals surface area (Å²) >= 11 is 7.04. The van der Waals surface area contributed by atoms with Crippen LogP contribution >= 0.6 is 23.4 Å². The predicted molar refractivity (Wildman–Crippen MR) is 66.0 cm³/mol. The minimum Gasteiger partial charge on any atom is -0.480 e. The van der Waals surface area contributed by atoms with Crippen LogP contribution in [0.4, 0.5) is 0 Å². The van der Waals surface area contributed by atoms with Gasteiger partial charge in [-0.2, -0.15) is 9.40 Å². The molecule has 0 bridgehead atoms. The Kier molecular flexibility index (Phi) is 3.58. The number of nitrogens with zero attached hydrogens (tertiary/aromatic N) is 3. The van der Waals surface area contributed by atoms with Crippen LogP contribution in [0.5, 0.6) is 0 Å². The molecule has 2 rings (SSSR count). The average molecular weight is 312 g/mol. The zero-order chi connectivity index (χ0) is 13.5. The van der Waals surface area contributed by atoms with Crippen molar-refractivity contribution in [1.82, 2.24) is 14.1 Å². The number of halogens is 1. The molecule has 0 unspecified atom stereocenters. The molecule has 1 saturated heterocycles. The summed E-state index contributed by atoms with van der Waals surface area (Å²) < 4.78 is 26.8. The van der Waals surface area contributed by atoms with Crippen molar-refractivity contribution in [3.8, 4) is 0 Å². The third-order valence-electron chi connectivity index (χ3n) is 2.52. The standard InChI is InChI=1S/C8H10ClN3O4S2/c1-11-7(5(9)2-10-11)18(15,16)12-4-17-3-6(12)8(13)14/h2,6H,3-4H2,1H3,(H,13,14)/t6-/m0/s1. The molecule has 0 radical (unpaired) electrons. The molecule has 0 aromatic carbocycles. The Balaban J connectivity index is 2.46. The Labute approximate surface area is 113 Å². The maximum atomic E-state index is 12.4. The number of aliphatic carboxylic acids is 1. The molecule has 1 atom stereocenters. The molecule has 2 heterocycles. The van der Waals surface area contributed by atoms with E-state index in [-0.39, 0.29) is 21.7 Å². The van der Waals surface area contributed by atoms with Crippen LogP contribution in [0.15, 0.2) is 11.2 Å². The number of hydrogen-bond acceptors (Lipinski definition) is 5. The van der Waals surface area contributed by atoms with Gasteiger partial charge in [0.25, 0.3) is 10.0 Å². The second-order valence-electron chi connectivity index (χ2n) is 3.67. The van der Waals surface area contributed by atoms with Crippen LogP contribution in [0.25, 0.3) is 0 Å². The highest BCUT2D eigenvalue weighted by atomic mass is 35.5. The lowest BCUT2D eigenvalue weighted by atomic mass is 10.4. The lowest BCUT2D eigenvalue weighted by molar-refractivity contribution is -0.140. The Morgan fingerprint density at radius 1 is 1.67 bits per heavy atom. The first-order chi connectivity index (χ1) is 8.35. The minimum absolute atomic E-state index is 0.0152. The Morgan fingerprint density at radius 2 is 2.33 bits per heavy atom. The molecule has 0 amide bonds. The first kappa shape index (κ1) is 13.7. The van der Waals surface area contributed by atoms with Crippen molar-refractivity contribution in [3.05, 3.63) is 11.2 Å². The first-order valence-corrected chi connectivity index (χ1v) is 7.83. The summed E-state index contributed by atoms with van der Waals surface area (Å²) in [7, 11) is -2.51. The third-order valence-corrected chi connectivity index (χ3v) is 6.06. The van der Waals surface area contributed by atoms with E-state index in [0.717, 1.165) is 8.99 Å². The van der Waals surface area contributed by atoms with Gasteiger partial charge in [-0.3, -0.25) is 9.48 Å². The van der Waals surface area contributed by atoms with E-state index in [0.29, 0.717) is 0 Å². The summed E-state index contributed by atoms with van der Waals surface area (Å²) in [5.41, 5.74) is 0. The van der Waals surface area contributed by atoms with Crippen molar-refractivity contribution in [2.75, 3.05) is 11.6 Å². The van der Waals surface area contributed by atoms with Gasteiger partial charge in [-0.1, -0.05) is 11.6 Å². The number of carbonyl (C=O) groups is 1. The van der Waals surface area contributed by atoms with Gasteiger partial charge in [0.15, 0.2) is 5.03 Å². The van der Waals surface area contributed by atoms with E-state index >= 15 is 0 Å². The van der Waals surface area contributed by atoms with Crippen LogP contribution in [0.2, 0.25) is 5.02 Å². The van der Waals surface area contributed by atoms with E-state index in [9.17, 15) is 13.2 Å². The maximum Gasteiger partial charge on any atom is 0.322 e. The van der Waals surface area contributed by atoms with Crippen molar-refractivity contribution in [3.63, 3.8) is 0 Å². The second kappa shape index (κ2) is 4.72. The molecule has 1 aromatic heterocycles. The van der Waals surface area contributed by atoms with Gasteiger partial charge in [0.05, 0.1) is 17.1 Å². The molecule has 1 fully saturated rings. The fraction of sp³-hybridized carbons (Fsp3) is 0.500. The van der Waals surface area contributed by atoms with E-state index in [1.807, 2.05) is 0 Å². The number of aryl methyl sites for hydroxylation is 1. The highest BCUT2D eigenvalue weighted by Gasteiger charge is 2.42. The molecule has 1 aliphatic rings. The van der Waals surface area contributed by atoms with Crippen molar-refractivity contribution in [1.29, 1.82) is 0 Å². The topological polar surface area (TPSA) is 92.5 Å². The molecule has 10 heteroatoms. The molecule has 0 saturated carbocycles. The summed E-state index contributed by atoms with van der Waals surface area (Å²) in [6.45, 7) is 0. The third kappa shape index (κ3) is 2.11. The Morgan fingerprint density at radius 3 is 2.83 bits per heavy atom. The monoisotopic (exact) mass is 311 g/mol. The van der Waals surface area contributed by atoms with Gasteiger partial charge < -0.3 is 5.11 Å². The lowest BCUT2D eigenvalue weighted by Crippen LogP contribution is -2.42. The van der Waals surface area contributed by atoms with Gasteiger partial charge in [0.1, 0.15) is 6.04 Å². The Hall–Kier alpha value is -0.770. The number of hydrogen-bond donors (Lipinski definition) is 1. The number of aromatic nitrogens is 2. The fourth-order valence-electron chi connectivity index (χ4n) is 1.66. The van der Waals surface area contributed by atoms with Crippen LogP contribution in [0, 0.1) is 0 Å². The summed E-state index contributed by atoms with van der Waals surface area (Å²) in [5.74, 6) is -0.841. The number of rotatable bonds is 3. The van der Waals surface area contributed by atoms with Crippen molar-refractivity contribution >= 4 is 39.4 Å². The molecule has 1 N–H and O–H groups in total. The largest absolute Gasteiger partial charge is 0.480 e. The van der Waals surface area contributed by atoms with Gasteiger partial charge in [-0.25, -0.2) is 8.42 Å². The van der Waals surface area contributed by atoms with Crippen LogP contribution in [-0.4, -0.2) is 51.3 Å². The lowest BCUT2D eigenvalue weighted by Gasteiger charge is -2.20. The van der Waals surface area contributed by atoms with E-state index in [4.69, 9.17) is 16.7 Å². The van der Waals surface area contributed by atoms with Gasteiger partial charge in [-0.15, -0.1) is 11.8 Å². The van der Waals surface area contributed by atoms with Gasteiger partial charge in [-0.05, 0) is 0 Å². The van der Waals surface area contributed by atoms with Crippen LogP contribution < -0.4 is 0 Å². The van der Waals surface area contributed by atoms with Crippen molar-refractivity contribution in [2.24, 2.45) is 7.05 Å². The number of carboxylic acids is 1. The molecule has 100 valence electrons. The zero-order valence-electron chi connectivity index (χ0n) is 9.28. The highest BCUT2D eigenvalue weighted by molar-refractivity contribution is 8.00. The predicted octanol–water partition coefficient (Wildman–Crippen LogP) is 0.222. The second-order valence-corrected chi connectivity index (χ2v) is 6.88. The quantitative estimate of drug-likeness (QED) is 0.858. The molecular formula is C8H10ClN3O4S2. The number of sulfonamides is 1. The van der Waals surface area contributed by atoms with Gasteiger partial charge in [0, 0.05) is 12.8 Å². The molecule has 18 heavy (non-hydrogen) atoms. The summed E-state index contributed by atoms with van der Waals surface area (Å²) in [6, 6.07) is -1.06. The van der Waals surface area contributed by atoms with E-state index in [1.165, 1.54) is 25.0 Å². The molecular weight excluding hydrogens is 302 g/mol. The minimum atomic E-state index is -3.95. The van der Waals surface area contributed by atoms with Crippen LogP contribution in [-0.2, 0) is 21.9 Å². The Bertz CT molecular complexity index is 566. The highest BCUT2D eigenvalue weighted by Crippen LogP contribution is 2.31. The van der Waals surface area contributed by atoms with Gasteiger partial charge in [0.2, 0.25) is 0 Å². The smallest absolute Gasteiger partial charge is 0.322 e. The molecule has 7 nitrogen and oxygen atoms in total. The van der Waals surface area contributed by atoms with Crippen LogP contribution in [0.1, 0.15) is 0 Å². The molecule has 1 aromatic rings. The summed E-state index contributed by atoms with van der Waals surface area (Å²) in [6.07, 6.45) is 1.22. The summed E-state index contributed by atoms with van der Waals surface area (Å²) in [5, 5.41) is 12.6. The van der Waals surface area contributed by atoms with Crippen molar-refractivity contribution in [2.45, 2.75) is 11.1 Å². The number of thioether (sulfide) groups is 1. The fourth-order valence-corrected chi connectivity index (χ4v) is 5.40. The van der Waals surface area contributed by atoms with E-state index in [1.54, 1.807) is 0 Å². The maximum absolute atomic E-state index is 12.4. The average Bonchev–Trinajstić information content (AvgIpc) is 2.85. The SMILES string of the molecule is Cn1ncc(Cl)c1S(=O)(=O)N1CSC[C@H]1C(=O)O. The number of carboxylic acid groups (broad SMARTS) is 1. The van der Waals surface area contributed by atoms with E-state index in [2.05, 4.69) is 5.10 Å². The van der Waals surface area contributed by atoms with E-state index < -0.39 is 22.0 Å².